The van der Waals surface area contributed by atoms with Crippen molar-refractivity contribution in [2.24, 2.45) is 0 Å². The van der Waals surface area contributed by atoms with Crippen molar-refractivity contribution in [1.29, 1.82) is 0 Å². The number of ether oxygens (including phenoxy) is 3. The van der Waals surface area contributed by atoms with E-state index in [-0.39, 0.29) is 23.8 Å². The minimum atomic E-state index is -3.93. The van der Waals surface area contributed by atoms with Crippen molar-refractivity contribution in [3.63, 3.8) is 0 Å². The predicted octanol–water partition coefficient (Wildman–Crippen LogP) is 1.08. The highest BCUT2D eigenvalue weighted by Crippen LogP contribution is 2.36. The highest BCUT2D eigenvalue weighted by Gasteiger charge is 2.23. The molecule has 1 atom stereocenters. The summed E-state index contributed by atoms with van der Waals surface area (Å²) < 4.78 is 42.2. The lowest BCUT2D eigenvalue weighted by Crippen LogP contribution is -2.42. The van der Waals surface area contributed by atoms with Gasteiger partial charge in [-0.25, -0.2) is 8.42 Å². The van der Waals surface area contributed by atoms with Gasteiger partial charge in [-0.1, -0.05) is 18.2 Å². The number of ketones is 1. The van der Waals surface area contributed by atoms with Crippen LogP contribution < -0.4 is 19.5 Å². The number of aliphatic hydroxyl groups is 1. The number of nitrogens with one attached hydrogen (secondary N) is 1. The Balaban J connectivity index is 1.88. The number of benzene rings is 2. The van der Waals surface area contributed by atoms with Crippen LogP contribution in [-0.4, -0.2) is 76.6 Å². The van der Waals surface area contributed by atoms with Crippen LogP contribution in [-0.2, 0) is 14.8 Å². The van der Waals surface area contributed by atoms with E-state index in [2.05, 4.69) is 5.32 Å². The predicted molar refractivity (Wildman–Crippen MR) is 120 cm³/mol. The molecule has 0 aliphatic carbocycles. The number of rotatable bonds is 12. The van der Waals surface area contributed by atoms with E-state index in [1.165, 1.54) is 52.5 Å². The lowest BCUT2D eigenvalue weighted by molar-refractivity contribution is -0.121. The largest absolute Gasteiger partial charge is 0.493 e. The number of carbonyl (C=O) groups excluding carboxylic acids is 2. The van der Waals surface area contributed by atoms with Gasteiger partial charge in [-0.15, -0.1) is 0 Å². The zero-order chi connectivity index (χ0) is 24.6. The Kier molecular flexibility index (Phi) is 9.21. The fourth-order valence-corrected chi connectivity index (χ4v) is 3.94. The average molecular weight is 481 g/mol. The Bertz CT molecular complexity index is 1050. The fourth-order valence-electron chi connectivity index (χ4n) is 2.81. The minimum absolute atomic E-state index is 0.0398. The van der Waals surface area contributed by atoms with Crippen LogP contribution in [0.1, 0.15) is 17.3 Å². The number of Topliss-reactive ketones (excluding diaryl/α,β-unsaturated/α-hetero) is 1. The summed E-state index contributed by atoms with van der Waals surface area (Å²) in [6, 6.07) is 10.5. The van der Waals surface area contributed by atoms with E-state index >= 15 is 0 Å². The second-order valence-electron chi connectivity index (χ2n) is 7.10. The molecule has 2 N–H and O–H groups in total. The van der Waals surface area contributed by atoms with E-state index in [1.54, 1.807) is 18.2 Å². The van der Waals surface area contributed by atoms with Gasteiger partial charge in [0, 0.05) is 19.2 Å². The molecule has 0 radical (unpaired) electrons. The number of para-hydroxylation sites is 1. The van der Waals surface area contributed by atoms with Crippen LogP contribution in [0.15, 0.2) is 47.4 Å². The smallest absolute Gasteiger partial charge is 0.243 e. The van der Waals surface area contributed by atoms with E-state index in [1.807, 2.05) is 0 Å². The van der Waals surface area contributed by atoms with Gasteiger partial charge >= 0.3 is 0 Å². The summed E-state index contributed by atoms with van der Waals surface area (Å²) in [6.07, 6.45) is -1.07. The molecule has 10 nitrogen and oxygen atoms in total. The lowest BCUT2D eigenvalue weighted by atomic mass is 10.2. The monoisotopic (exact) mass is 480 g/mol. The van der Waals surface area contributed by atoms with Crippen LogP contribution in [0, 0.1) is 0 Å². The first kappa shape index (κ1) is 26.1. The SMILES string of the molecule is COc1cccc(OC)c1OCC(O)CNC(=O)CN(C)S(=O)(=O)c1ccc(C(C)=O)cc1. The third-order valence-electron chi connectivity index (χ3n) is 4.67. The second-order valence-corrected chi connectivity index (χ2v) is 9.15. The fraction of sp³-hybridized carbons (Fsp3) is 0.364. The number of hydrogen-bond acceptors (Lipinski definition) is 8. The molecule has 11 heteroatoms. The van der Waals surface area contributed by atoms with Gasteiger partial charge in [0.1, 0.15) is 12.7 Å². The lowest BCUT2D eigenvalue weighted by Gasteiger charge is -2.19. The van der Waals surface area contributed by atoms with Crippen LogP contribution in [0.3, 0.4) is 0 Å². The highest BCUT2D eigenvalue weighted by molar-refractivity contribution is 7.89. The molecule has 180 valence electrons. The molecule has 0 aromatic heterocycles. The van der Waals surface area contributed by atoms with Crippen molar-refractivity contribution in [2.45, 2.75) is 17.9 Å². The Labute approximate surface area is 193 Å². The first-order chi connectivity index (χ1) is 15.6. The maximum Gasteiger partial charge on any atom is 0.243 e. The van der Waals surface area contributed by atoms with E-state index in [4.69, 9.17) is 14.2 Å². The number of amides is 1. The number of hydrogen-bond donors (Lipinski definition) is 2. The number of nitrogens with zero attached hydrogens (tertiary/aromatic N) is 1. The van der Waals surface area contributed by atoms with E-state index < -0.39 is 28.6 Å². The summed E-state index contributed by atoms with van der Waals surface area (Å²) in [7, 11) is 0.280. The third-order valence-corrected chi connectivity index (χ3v) is 6.49. The number of methoxy groups -OCH3 is 2. The van der Waals surface area contributed by atoms with Crippen LogP contribution >= 0.6 is 0 Å². The second kappa shape index (κ2) is 11.6. The molecule has 0 fully saturated rings. The Morgan fingerprint density at radius 3 is 2.15 bits per heavy atom. The van der Waals surface area contributed by atoms with Gasteiger partial charge in [-0.05, 0) is 31.2 Å². The van der Waals surface area contributed by atoms with Crippen molar-refractivity contribution in [3.05, 3.63) is 48.0 Å². The van der Waals surface area contributed by atoms with Crippen molar-refractivity contribution < 1.29 is 37.3 Å². The molecule has 0 heterocycles. The number of carbonyl (C=O) groups is 2. The van der Waals surface area contributed by atoms with E-state index in [0.29, 0.717) is 22.8 Å². The molecule has 1 amide bonds. The van der Waals surface area contributed by atoms with Gasteiger partial charge in [-0.2, -0.15) is 4.31 Å². The van der Waals surface area contributed by atoms with Crippen LogP contribution in [0.5, 0.6) is 17.2 Å². The van der Waals surface area contributed by atoms with Crippen LogP contribution in [0.2, 0.25) is 0 Å². The summed E-state index contributed by atoms with van der Waals surface area (Å²) in [5.74, 6) is 0.380. The third kappa shape index (κ3) is 6.91. The molecular formula is C22H28N2O8S. The molecule has 33 heavy (non-hydrogen) atoms. The van der Waals surface area contributed by atoms with Gasteiger partial charge in [0.05, 0.1) is 25.7 Å². The molecular weight excluding hydrogens is 452 g/mol. The number of likely N-dealkylation sites (N-methyl/N-ethyl adjacent to an activating group) is 1. The summed E-state index contributed by atoms with van der Waals surface area (Å²) >= 11 is 0. The summed E-state index contributed by atoms with van der Waals surface area (Å²) in [5, 5.41) is 12.6. The summed E-state index contributed by atoms with van der Waals surface area (Å²) in [6.45, 7) is 0.613. The minimum Gasteiger partial charge on any atom is -0.493 e. The molecule has 0 saturated heterocycles. The zero-order valence-electron chi connectivity index (χ0n) is 18.9. The normalized spacial score (nSPS) is 12.2. The number of aliphatic hydroxyl groups excluding tert-OH is 1. The Hall–Kier alpha value is -3.15. The summed E-state index contributed by atoms with van der Waals surface area (Å²) in [5.41, 5.74) is 0.385. The quantitative estimate of drug-likeness (QED) is 0.432. The molecule has 2 aromatic carbocycles. The first-order valence-corrected chi connectivity index (χ1v) is 11.4. The molecule has 0 spiro atoms. The van der Waals surface area contributed by atoms with Gasteiger partial charge in [0.2, 0.25) is 21.7 Å². The summed E-state index contributed by atoms with van der Waals surface area (Å²) in [4.78, 5) is 23.5. The van der Waals surface area contributed by atoms with Crippen molar-refractivity contribution in [2.75, 3.05) is 41.0 Å². The van der Waals surface area contributed by atoms with Crippen LogP contribution in [0.25, 0.3) is 0 Å². The maximum atomic E-state index is 12.6. The molecule has 2 aromatic rings. The standard InChI is InChI=1S/C22H28N2O8S/c1-15(25)16-8-10-18(11-9-16)33(28,29)24(2)13-21(27)23-12-17(26)14-32-22-19(30-3)6-5-7-20(22)31-4/h5-11,17,26H,12-14H2,1-4H3,(H,23,27). The zero-order valence-corrected chi connectivity index (χ0v) is 19.7. The highest BCUT2D eigenvalue weighted by atomic mass is 32.2. The molecule has 0 aliphatic rings. The van der Waals surface area contributed by atoms with Crippen molar-refractivity contribution >= 4 is 21.7 Å². The Morgan fingerprint density at radius 2 is 1.64 bits per heavy atom. The molecule has 2 rings (SSSR count). The first-order valence-electron chi connectivity index (χ1n) is 9.96. The maximum absolute atomic E-state index is 12.6. The van der Waals surface area contributed by atoms with Gasteiger partial charge < -0.3 is 24.6 Å². The molecule has 1 unspecified atom stereocenters. The van der Waals surface area contributed by atoms with Crippen LogP contribution in [0.4, 0.5) is 0 Å². The molecule has 0 bridgehead atoms. The van der Waals surface area contributed by atoms with Gasteiger partial charge in [-0.3, -0.25) is 9.59 Å². The topological polar surface area (TPSA) is 131 Å². The van der Waals surface area contributed by atoms with Gasteiger partial charge in [0.25, 0.3) is 0 Å². The molecule has 0 saturated carbocycles. The molecule has 0 aliphatic heterocycles. The van der Waals surface area contributed by atoms with Gasteiger partial charge in [0.15, 0.2) is 17.3 Å². The Morgan fingerprint density at radius 1 is 1.06 bits per heavy atom. The number of sulfonamides is 1. The van der Waals surface area contributed by atoms with Crippen molar-refractivity contribution in [3.8, 4) is 17.2 Å². The van der Waals surface area contributed by atoms with E-state index in [9.17, 15) is 23.1 Å². The van der Waals surface area contributed by atoms with E-state index in [0.717, 1.165) is 4.31 Å². The van der Waals surface area contributed by atoms with Crippen molar-refractivity contribution in [1.82, 2.24) is 9.62 Å². The average Bonchev–Trinajstić information content (AvgIpc) is 2.80.